The second-order valence-electron chi connectivity index (χ2n) is 4.05. The van der Waals surface area contributed by atoms with E-state index in [-0.39, 0.29) is 11.5 Å². The summed E-state index contributed by atoms with van der Waals surface area (Å²) in [6, 6.07) is 9.44. The van der Waals surface area contributed by atoms with Crippen LogP contribution in [0.15, 0.2) is 47.6 Å². The minimum absolute atomic E-state index is 0.158. The fraction of sp³-hybridized carbons (Fsp3) is 0. The molecule has 0 saturated heterocycles. The maximum absolute atomic E-state index is 11.0. The first-order valence-electron chi connectivity index (χ1n) is 5.90. The van der Waals surface area contributed by atoms with Crippen molar-refractivity contribution in [2.45, 2.75) is 0 Å². The zero-order valence-electron chi connectivity index (χ0n) is 10.9. The van der Waals surface area contributed by atoms with Crippen molar-refractivity contribution in [3.63, 3.8) is 0 Å². The van der Waals surface area contributed by atoms with E-state index >= 15 is 0 Å². The molecule has 9 heteroatoms. The summed E-state index contributed by atoms with van der Waals surface area (Å²) in [6.07, 6.45) is 1.10. The number of non-ortho nitro benzene ring substituents is 1. The van der Waals surface area contributed by atoms with Gasteiger partial charge >= 0.3 is 5.69 Å². The van der Waals surface area contributed by atoms with Crippen molar-refractivity contribution in [3.05, 3.63) is 68.3 Å². The van der Waals surface area contributed by atoms with Gasteiger partial charge in [-0.15, -0.1) is 0 Å². The molecule has 0 aliphatic carbocycles. The minimum atomic E-state index is -0.773. The Morgan fingerprint density at radius 3 is 2.41 bits per heavy atom. The summed E-state index contributed by atoms with van der Waals surface area (Å²) in [4.78, 5) is 20.2. The molecule has 9 nitrogen and oxygen atoms in total. The summed E-state index contributed by atoms with van der Waals surface area (Å²) in [5.74, 6) is 0.0478. The van der Waals surface area contributed by atoms with E-state index in [4.69, 9.17) is 9.94 Å². The van der Waals surface area contributed by atoms with Gasteiger partial charge in [-0.05, 0) is 18.2 Å². The molecule has 22 heavy (non-hydrogen) atoms. The molecule has 0 unspecified atom stereocenters. The highest BCUT2D eigenvalue weighted by Crippen LogP contribution is 2.35. The molecule has 0 fully saturated rings. The van der Waals surface area contributed by atoms with Gasteiger partial charge in [0.15, 0.2) is 0 Å². The Morgan fingerprint density at radius 1 is 1.05 bits per heavy atom. The molecule has 0 aliphatic heterocycles. The first-order valence-corrected chi connectivity index (χ1v) is 5.90. The highest BCUT2D eigenvalue weighted by molar-refractivity contribution is 5.83. The minimum Gasteiger partial charge on any atom is -0.449 e. The predicted molar refractivity (Wildman–Crippen MR) is 75.6 cm³/mol. The maximum Gasteiger partial charge on any atom is 0.318 e. The van der Waals surface area contributed by atoms with Crippen LogP contribution in [-0.4, -0.2) is 21.3 Å². The smallest absolute Gasteiger partial charge is 0.318 e. The third-order valence-corrected chi connectivity index (χ3v) is 2.69. The third kappa shape index (κ3) is 3.15. The molecule has 2 rings (SSSR count). The standard InChI is InChI=1S/C13H9N3O6/c17-14-8-9-3-1-2-4-12(9)22-13-6-5-10(15(18)19)7-11(13)16(20)21/h1-8,17H/b14-8-. The van der Waals surface area contributed by atoms with E-state index in [9.17, 15) is 20.2 Å². The molecule has 0 spiro atoms. The van der Waals surface area contributed by atoms with Crippen LogP contribution in [0.2, 0.25) is 0 Å². The van der Waals surface area contributed by atoms with E-state index in [0.29, 0.717) is 5.56 Å². The zero-order valence-corrected chi connectivity index (χ0v) is 10.9. The Balaban J connectivity index is 2.46. The highest BCUT2D eigenvalue weighted by atomic mass is 16.6. The molecule has 0 radical (unpaired) electrons. The van der Waals surface area contributed by atoms with Gasteiger partial charge in [0.05, 0.1) is 22.1 Å². The van der Waals surface area contributed by atoms with Gasteiger partial charge in [-0.25, -0.2) is 0 Å². The average Bonchev–Trinajstić information content (AvgIpc) is 2.49. The fourth-order valence-electron chi connectivity index (χ4n) is 1.71. The fourth-order valence-corrected chi connectivity index (χ4v) is 1.71. The van der Waals surface area contributed by atoms with Crippen LogP contribution < -0.4 is 4.74 Å². The lowest BCUT2D eigenvalue weighted by molar-refractivity contribution is -0.394. The summed E-state index contributed by atoms with van der Waals surface area (Å²) < 4.78 is 5.42. The molecule has 2 aromatic rings. The highest BCUT2D eigenvalue weighted by Gasteiger charge is 2.21. The van der Waals surface area contributed by atoms with Gasteiger partial charge < -0.3 is 9.94 Å². The van der Waals surface area contributed by atoms with E-state index in [1.807, 2.05) is 0 Å². The van der Waals surface area contributed by atoms with Gasteiger partial charge in [0.25, 0.3) is 5.69 Å². The van der Waals surface area contributed by atoms with E-state index in [1.54, 1.807) is 18.2 Å². The Hall–Kier alpha value is -3.49. The molecule has 1 N–H and O–H groups in total. The maximum atomic E-state index is 11.0. The van der Waals surface area contributed by atoms with Gasteiger partial charge in [-0.1, -0.05) is 17.3 Å². The molecule has 2 aromatic carbocycles. The van der Waals surface area contributed by atoms with Crippen molar-refractivity contribution in [1.29, 1.82) is 0 Å². The quantitative estimate of drug-likeness (QED) is 0.391. The second kappa shape index (κ2) is 6.31. The summed E-state index contributed by atoms with van der Waals surface area (Å²) >= 11 is 0. The van der Waals surface area contributed by atoms with E-state index in [2.05, 4.69) is 5.16 Å². The number of oxime groups is 1. The topological polar surface area (TPSA) is 128 Å². The number of hydrogen-bond donors (Lipinski definition) is 1. The molecule has 0 aliphatic rings. The molecule has 0 heterocycles. The first kappa shape index (κ1) is 14.9. The summed E-state index contributed by atoms with van der Waals surface area (Å²) in [6.45, 7) is 0. The Labute approximate surface area is 123 Å². The number of nitro groups is 2. The second-order valence-corrected chi connectivity index (χ2v) is 4.05. The number of nitro benzene ring substituents is 2. The van der Waals surface area contributed by atoms with Crippen molar-refractivity contribution >= 4 is 17.6 Å². The van der Waals surface area contributed by atoms with Crippen molar-refractivity contribution in [3.8, 4) is 11.5 Å². The van der Waals surface area contributed by atoms with Crippen molar-refractivity contribution in [2.24, 2.45) is 5.16 Å². The van der Waals surface area contributed by atoms with Gasteiger partial charge in [-0.2, -0.15) is 0 Å². The monoisotopic (exact) mass is 303 g/mol. The molecular formula is C13H9N3O6. The van der Waals surface area contributed by atoms with E-state index in [1.165, 1.54) is 6.07 Å². The van der Waals surface area contributed by atoms with Crippen LogP contribution in [0.4, 0.5) is 11.4 Å². The number of nitrogens with zero attached hydrogens (tertiary/aromatic N) is 3. The lowest BCUT2D eigenvalue weighted by Gasteiger charge is -2.08. The normalized spacial score (nSPS) is 10.5. The van der Waals surface area contributed by atoms with Crippen molar-refractivity contribution in [2.75, 3.05) is 0 Å². The van der Waals surface area contributed by atoms with Crippen molar-refractivity contribution in [1.82, 2.24) is 0 Å². The first-order chi connectivity index (χ1) is 10.5. The number of benzene rings is 2. The largest absolute Gasteiger partial charge is 0.449 e. The van der Waals surface area contributed by atoms with Crippen molar-refractivity contribution < 1.29 is 19.8 Å². The van der Waals surface area contributed by atoms with Gasteiger partial charge in [0.2, 0.25) is 5.75 Å². The number of hydrogen-bond acceptors (Lipinski definition) is 7. The predicted octanol–water partition coefficient (Wildman–Crippen LogP) is 3.10. The third-order valence-electron chi connectivity index (χ3n) is 2.69. The summed E-state index contributed by atoms with van der Waals surface area (Å²) in [5.41, 5.74) is -0.563. The lowest BCUT2D eigenvalue weighted by atomic mass is 10.2. The van der Waals surface area contributed by atoms with Crippen LogP contribution in [0, 0.1) is 20.2 Å². The SMILES string of the molecule is O=[N+]([O-])c1ccc(Oc2ccccc2/C=N\O)c([N+](=O)[O-])c1. The van der Waals surface area contributed by atoms with Crippen LogP contribution in [0.5, 0.6) is 11.5 Å². The van der Waals surface area contributed by atoms with Gasteiger partial charge in [0.1, 0.15) is 5.75 Å². The number of rotatable bonds is 5. The number of ether oxygens (including phenoxy) is 1. The Bertz CT molecular complexity index is 759. The summed E-state index contributed by atoms with van der Waals surface area (Å²) in [7, 11) is 0. The van der Waals surface area contributed by atoms with Crippen LogP contribution in [0.25, 0.3) is 0 Å². The van der Waals surface area contributed by atoms with Crippen LogP contribution >= 0.6 is 0 Å². The molecule has 0 saturated carbocycles. The molecule has 112 valence electrons. The lowest BCUT2D eigenvalue weighted by Crippen LogP contribution is -1.97. The van der Waals surface area contributed by atoms with Gasteiger partial charge in [0, 0.05) is 11.6 Å². The molecule has 0 atom stereocenters. The van der Waals surface area contributed by atoms with Gasteiger partial charge in [-0.3, -0.25) is 20.2 Å². The average molecular weight is 303 g/mol. The Kier molecular flexibility index (Phi) is 4.27. The van der Waals surface area contributed by atoms with E-state index < -0.39 is 21.2 Å². The van der Waals surface area contributed by atoms with Crippen LogP contribution in [0.3, 0.4) is 0 Å². The Morgan fingerprint density at radius 2 is 1.77 bits per heavy atom. The molecule has 0 bridgehead atoms. The summed E-state index contributed by atoms with van der Waals surface area (Å²) in [5, 5.41) is 33.2. The molecule has 0 aromatic heterocycles. The number of para-hydroxylation sites is 1. The molecule has 0 amide bonds. The molecular weight excluding hydrogens is 294 g/mol. The van der Waals surface area contributed by atoms with Crippen LogP contribution in [0.1, 0.15) is 5.56 Å². The van der Waals surface area contributed by atoms with E-state index in [0.717, 1.165) is 24.4 Å². The zero-order chi connectivity index (χ0) is 16.1. The van der Waals surface area contributed by atoms with Crippen LogP contribution in [-0.2, 0) is 0 Å².